The lowest BCUT2D eigenvalue weighted by Crippen LogP contribution is -2.42. The Morgan fingerprint density at radius 2 is 1.96 bits per heavy atom. The maximum atomic E-state index is 12.3. The van der Waals surface area contributed by atoms with Crippen molar-refractivity contribution < 1.29 is 14.3 Å². The van der Waals surface area contributed by atoms with Crippen LogP contribution >= 0.6 is 0 Å². The molecule has 128 valence electrons. The van der Waals surface area contributed by atoms with Gasteiger partial charge in [0.05, 0.1) is 13.7 Å². The molecule has 1 N–H and O–H groups in total. The minimum atomic E-state index is -0.633. The van der Waals surface area contributed by atoms with Crippen molar-refractivity contribution in [2.24, 2.45) is 5.92 Å². The van der Waals surface area contributed by atoms with Crippen LogP contribution in [0.2, 0.25) is 0 Å². The molecule has 2 rings (SSSR count). The molecule has 0 radical (unpaired) electrons. The number of ether oxygens (including phenoxy) is 1. The Morgan fingerprint density at radius 3 is 2.50 bits per heavy atom. The Hall–Kier alpha value is -2.63. The molecule has 0 spiro atoms. The second-order valence-corrected chi connectivity index (χ2v) is 6.08. The van der Waals surface area contributed by atoms with Crippen LogP contribution in [0.15, 0.2) is 42.7 Å². The summed E-state index contributed by atoms with van der Waals surface area (Å²) in [5.74, 6) is -0.435. The molecule has 1 aromatic carbocycles. The fourth-order valence-electron chi connectivity index (χ4n) is 2.41. The van der Waals surface area contributed by atoms with Gasteiger partial charge in [0, 0.05) is 18.0 Å². The molecular formula is C18H23N3O3. The topological polar surface area (TPSA) is 73.2 Å². The summed E-state index contributed by atoms with van der Waals surface area (Å²) in [6.45, 7) is 4.63. The van der Waals surface area contributed by atoms with Crippen molar-refractivity contribution in [3.05, 3.63) is 53.9 Å². The first kappa shape index (κ1) is 17.7. The molecule has 1 amide bonds. The van der Waals surface area contributed by atoms with Gasteiger partial charge < -0.3 is 10.1 Å². The van der Waals surface area contributed by atoms with E-state index in [1.807, 2.05) is 42.9 Å². The molecule has 1 aromatic heterocycles. The third-order valence-corrected chi connectivity index (χ3v) is 3.62. The summed E-state index contributed by atoms with van der Waals surface area (Å²) in [5.41, 5.74) is 1.55. The van der Waals surface area contributed by atoms with Gasteiger partial charge in [-0.3, -0.25) is 9.48 Å². The van der Waals surface area contributed by atoms with Crippen LogP contribution < -0.4 is 5.32 Å². The van der Waals surface area contributed by atoms with Gasteiger partial charge in [0.15, 0.2) is 0 Å². The van der Waals surface area contributed by atoms with Crippen LogP contribution in [-0.4, -0.2) is 34.8 Å². The summed E-state index contributed by atoms with van der Waals surface area (Å²) >= 11 is 0. The molecule has 1 unspecified atom stereocenters. The van der Waals surface area contributed by atoms with Gasteiger partial charge in [-0.1, -0.05) is 26.0 Å². The van der Waals surface area contributed by atoms with Crippen molar-refractivity contribution in [2.75, 3.05) is 7.11 Å². The smallest absolute Gasteiger partial charge is 0.328 e. The van der Waals surface area contributed by atoms with Gasteiger partial charge in [-0.25, -0.2) is 4.79 Å². The minimum Gasteiger partial charge on any atom is -0.467 e. The van der Waals surface area contributed by atoms with E-state index in [4.69, 9.17) is 4.74 Å². The van der Waals surface area contributed by atoms with Crippen LogP contribution in [0, 0.1) is 5.92 Å². The SMILES string of the molecule is COC(=O)C(CC(C)C)NC(=O)c1ccc(Cn2cccn2)cc1. The Labute approximate surface area is 141 Å². The molecule has 0 aliphatic carbocycles. The predicted molar refractivity (Wildman–Crippen MR) is 90.5 cm³/mol. The fourth-order valence-corrected chi connectivity index (χ4v) is 2.41. The third kappa shape index (κ3) is 4.94. The number of carbonyl (C=O) groups is 2. The zero-order valence-corrected chi connectivity index (χ0v) is 14.2. The Morgan fingerprint density at radius 1 is 1.25 bits per heavy atom. The van der Waals surface area contributed by atoms with E-state index < -0.39 is 12.0 Å². The van der Waals surface area contributed by atoms with Gasteiger partial charge in [-0.15, -0.1) is 0 Å². The summed E-state index contributed by atoms with van der Waals surface area (Å²) < 4.78 is 6.58. The number of carbonyl (C=O) groups excluding carboxylic acids is 2. The first-order valence-electron chi connectivity index (χ1n) is 7.94. The molecule has 0 aliphatic rings. The molecule has 1 atom stereocenters. The van der Waals surface area contributed by atoms with E-state index in [2.05, 4.69) is 10.4 Å². The summed E-state index contributed by atoms with van der Waals surface area (Å²) in [5, 5.41) is 6.90. The Bertz CT molecular complexity index is 663. The fraction of sp³-hybridized carbons (Fsp3) is 0.389. The van der Waals surface area contributed by atoms with Crippen LogP contribution in [0.1, 0.15) is 36.2 Å². The standard InChI is InChI=1S/C18H23N3O3/c1-13(2)11-16(18(23)24-3)20-17(22)15-7-5-14(6-8-15)12-21-10-4-9-19-21/h4-10,13,16H,11-12H2,1-3H3,(H,20,22). The Balaban J connectivity index is 2.01. The van der Waals surface area contributed by atoms with Gasteiger partial charge in [-0.05, 0) is 36.1 Å². The predicted octanol–water partition coefficient (Wildman–Crippen LogP) is 2.25. The number of amides is 1. The van der Waals surface area contributed by atoms with Crippen molar-refractivity contribution >= 4 is 11.9 Å². The number of esters is 1. The molecule has 6 nitrogen and oxygen atoms in total. The highest BCUT2D eigenvalue weighted by Gasteiger charge is 2.23. The van der Waals surface area contributed by atoms with Gasteiger partial charge >= 0.3 is 5.97 Å². The lowest BCUT2D eigenvalue weighted by atomic mass is 10.0. The Kier molecular flexibility index (Phi) is 6.12. The lowest BCUT2D eigenvalue weighted by molar-refractivity contribution is -0.143. The highest BCUT2D eigenvalue weighted by atomic mass is 16.5. The number of benzene rings is 1. The number of aromatic nitrogens is 2. The number of hydrogen-bond donors (Lipinski definition) is 1. The molecule has 0 saturated carbocycles. The third-order valence-electron chi connectivity index (χ3n) is 3.62. The van der Waals surface area contributed by atoms with Crippen LogP contribution in [0.25, 0.3) is 0 Å². The van der Waals surface area contributed by atoms with E-state index in [9.17, 15) is 9.59 Å². The van der Waals surface area contributed by atoms with Crippen molar-refractivity contribution in [2.45, 2.75) is 32.9 Å². The van der Waals surface area contributed by atoms with Crippen molar-refractivity contribution in [3.8, 4) is 0 Å². The summed E-state index contributed by atoms with van der Waals surface area (Å²) in [7, 11) is 1.33. The molecule has 0 saturated heterocycles. The van der Waals surface area contributed by atoms with E-state index in [1.54, 1.807) is 18.3 Å². The van der Waals surface area contributed by atoms with Crippen LogP contribution in [0.5, 0.6) is 0 Å². The first-order chi connectivity index (χ1) is 11.5. The summed E-state index contributed by atoms with van der Waals surface area (Å²) in [6, 6.07) is 8.49. The number of hydrogen-bond acceptors (Lipinski definition) is 4. The van der Waals surface area contributed by atoms with Crippen molar-refractivity contribution in [1.29, 1.82) is 0 Å². The average molecular weight is 329 g/mol. The molecule has 0 bridgehead atoms. The van der Waals surface area contributed by atoms with Crippen LogP contribution in [-0.2, 0) is 16.1 Å². The number of nitrogens with zero attached hydrogens (tertiary/aromatic N) is 2. The maximum Gasteiger partial charge on any atom is 0.328 e. The highest BCUT2D eigenvalue weighted by molar-refractivity contribution is 5.96. The van der Waals surface area contributed by atoms with Gasteiger partial charge in [0.25, 0.3) is 5.91 Å². The number of methoxy groups -OCH3 is 1. The summed E-state index contributed by atoms with van der Waals surface area (Å²) in [6.07, 6.45) is 4.15. The van der Waals surface area contributed by atoms with E-state index in [0.717, 1.165) is 5.56 Å². The molecular weight excluding hydrogens is 306 g/mol. The molecule has 0 fully saturated rings. The lowest BCUT2D eigenvalue weighted by Gasteiger charge is -2.18. The molecule has 6 heteroatoms. The second-order valence-electron chi connectivity index (χ2n) is 6.08. The normalized spacial score (nSPS) is 12.0. The van der Waals surface area contributed by atoms with Gasteiger partial charge in [0.2, 0.25) is 0 Å². The van der Waals surface area contributed by atoms with Crippen LogP contribution in [0.4, 0.5) is 0 Å². The summed E-state index contributed by atoms with van der Waals surface area (Å²) in [4.78, 5) is 24.1. The zero-order chi connectivity index (χ0) is 17.5. The molecule has 0 aliphatic heterocycles. The number of rotatable bonds is 7. The largest absolute Gasteiger partial charge is 0.467 e. The molecule has 1 heterocycles. The van der Waals surface area contributed by atoms with Crippen LogP contribution in [0.3, 0.4) is 0 Å². The molecule has 24 heavy (non-hydrogen) atoms. The van der Waals surface area contributed by atoms with Gasteiger partial charge in [0.1, 0.15) is 6.04 Å². The van der Waals surface area contributed by atoms with E-state index in [-0.39, 0.29) is 11.8 Å². The molecule has 2 aromatic rings. The second kappa shape index (κ2) is 8.29. The van der Waals surface area contributed by atoms with Crippen molar-refractivity contribution in [1.82, 2.24) is 15.1 Å². The maximum absolute atomic E-state index is 12.3. The monoisotopic (exact) mass is 329 g/mol. The zero-order valence-electron chi connectivity index (χ0n) is 14.2. The first-order valence-corrected chi connectivity index (χ1v) is 7.94. The van der Waals surface area contributed by atoms with E-state index >= 15 is 0 Å². The van der Waals surface area contributed by atoms with Gasteiger partial charge in [-0.2, -0.15) is 5.10 Å². The minimum absolute atomic E-state index is 0.269. The van der Waals surface area contributed by atoms with E-state index in [1.165, 1.54) is 7.11 Å². The van der Waals surface area contributed by atoms with Crippen molar-refractivity contribution in [3.63, 3.8) is 0 Å². The quantitative estimate of drug-likeness (QED) is 0.791. The highest BCUT2D eigenvalue weighted by Crippen LogP contribution is 2.10. The number of nitrogens with one attached hydrogen (secondary N) is 1. The average Bonchev–Trinajstić information content (AvgIpc) is 3.06. The van der Waals surface area contributed by atoms with E-state index in [0.29, 0.717) is 18.5 Å².